The van der Waals surface area contributed by atoms with E-state index in [1.54, 1.807) is 19.9 Å². The molecule has 7 heteroatoms. The number of carbonyl (C=O) groups excluding carboxylic acids is 1. The Hall–Kier alpha value is -3.71. The summed E-state index contributed by atoms with van der Waals surface area (Å²) in [6.45, 7) is 11.2. The fourth-order valence-electron chi connectivity index (χ4n) is 5.61. The van der Waals surface area contributed by atoms with Crippen LogP contribution in [0.15, 0.2) is 87.9 Å². The van der Waals surface area contributed by atoms with Gasteiger partial charge in [-0.2, -0.15) is 0 Å². The molecule has 3 aromatic carbocycles. The summed E-state index contributed by atoms with van der Waals surface area (Å²) < 4.78 is 0. The van der Waals surface area contributed by atoms with Crippen LogP contribution in [0.1, 0.15) is 87.7 Å². The van der Waals surface area contributed by atoms with Crippen molar-refractivity contribution in [2.75, 3.05) is 0 Å². The maximum absolute atomic E-state index is 13.3. The minimum atomic E-state index is -0.568. The number of hydrogen-bond acceptors (Lipinski definition) is 6. The SMILES string of the molecule is C=C(C)O/N=C(\C)C(=O)c1ccc2c(c1)C(CCCC)(CCCC)c1c-2ccc(Sc2ccccc2)c1[N+](=O)[O-]. The van der Waals surface area contributed by atoms with E-state index >= 15 is 0 Å². The zero-order valence-corrected chi connectivity index (χ0v) is 24.5. The molecule has 1 aliphatic carbocycles. The Bertz CT molecular complexity index is 1450. The van der Waals surface area contributed by atoms with Gasteiger partial charge in [0.15, 0.2) is 0 Å². The number of ketones is 1. The molecule has 0 amide bonds. The lowest BCUT2D eigenvalue weighted by Crippen LogP contribution is -2.27. The van der Waals surface area contributed by atoms with Crippen LogP contribution in [-0.4, -0.2) is 16.4 Å². The molecule has 40 heavy (non-hydrogen) atoms. The summed E-state index contributed by atoms with van der Waals surface area (Å²) >= 11 is 1.42. The Morgan fingerprint density at radius 3 is 2.25 bits per heavy atom. The van der Waals surface area contributed by atoms with Crippen molar-refractivity contribution in [3.05, 3.63) is 99.8 Å². The van der Waals surface area contributed by atoms with Gasteiger partial charge < -0.3 is 4.84 Å². The van der Waals surface area contributed by atoms with Crippen LogP contribution in [0.5, 0.6) is 0 Å². The number of rotatable bonds is 13. The first-order chi connectivity index (χ1) is 19.2. The van der Waals surface area contributed by atoms with Gasteiger partial charge in [-0.1, -0.05) is 99.4 Å². The molecule has 1 aliphatic rings. The predicted molar refractivity (Wildman–Crippen MR) is 162 cm³/mol. The lowest BCUT2D eigenvalue weighted by atomic mass is 9.70. The van der Waals surface area contributed by atoms with Gasteiger partial charge in [0.05, 0.1) is 9.82 Å². The summed E-state index contributed by atoms with van der Waals surface area (Å²) in [5.41, 5.74) is 3.96. The highest BCUT2D eigenvalue weighted by atomic mass is 32.2. The van der Waals surface area contributed by atoms with Gasteiger partial charge in [0.2, 0.25) is 5.78 Å². The van der Waals surface area contributed by atoms with Gasteiger partial charge in [0, 0.05) is 21.4 Å². The molecule has 6 nitrogen and oxygen atoms in total. The fraction of sp³-hybridized carbons (Fsp3) is 0.333. The molecule has 0 saturated heterocycles. The third-order valence-electron chi connectivity index (χ3n) is 7.44. The third kappa shape index (κ3) is 5.75. The lowest BCUT2D eigenvalue weighted by Gasteiger charge is -2.32. The molecule has 0 heterocycles. The standard InChI is InChI=1S/C33H36N2O4S/c1-6-8-19-33(20-9-7-2)28-21-24(32(36)23(5)34-39-22(3)4)15-16-26(28)27-17-18-29(31(30(27)33)35(37)38)40-25-13-11-10-12-14-25/h10-18,21H,3,6-9,19-20H2,1-2,4-5H3/b34-23+. The Kier molecular flexibility index (Phi) is 9.25. The number of hydrogen-bond donors (Lipinski definition) is 0. The van der Waals surface area contributed by atoms with Crippen LogP contribution in [0.25, 0.3) is 11.1 Å². The fourth-order valence-corrected chi connectivity index (χ4v) is 6.57. The minimum absolute atomic E-state index is 0.176. The van der Waals surface area contributed by atoms with E-state index in [-0.39, 0.29) is 22.1 Å². The zero-order valence-electron chi connectivity index (χ0n) is 23.7. The molecular weight excluding hydrogens is 520 g/mol. The second-order valence-corrected chi connectivity index (χ2v) is 11.5. The number of fused-ring (bicyclic) bond motifs is 3. The van der Waals surface area contributed by atoms with Gasteiger partial charge in [0.25, 0.3) is 5.69 Å². The molecule has 4 rings (SSSR count). The number of benzene rings is 3. The van der Waals surface area contributed by atoms with E-state index in [1.165, 1.54) is 11.8 Å². The molecule has 208 valence electrons. The number of nitro benzene ring substituents is 1. The molecule has 0 bridgehead atoms. The van der Waals surface area contributed by atoms with E-state index in [4.69, 9.17) is 4.84 Å². The number of nitrogens with zero attached hydrogens (tertiary/aromatic N) is 2. The van der Waals surface area contributed by atoms with Gasteiger partial charge in [0.1, 0.15) is 11.5 Å². The summed E-state index contributed by atoms with van der Waals surface area (Å²) in [5, 5.41) is 16.8. The number of unbranched alkanes of at least 4 members (excludes halogenated alkanes) is 2. The van der Waals surface area contributed by atoms with E-state index in [9.17, 15) is 14.9 Å². The summed E-state index contributed by atoms with van der Waals surface area (Å²) in [4.78, 5) is 32.7. The van der Waals surface area contributed by atoms with E-state index < -0.39 is 5.41 Å². The summed E-state index contributed by atoms with van der Waals surface area (Å²) in [6.07, 6.45) is 5.31. The van der Waals surface area contributed by atoms with Gasteiger partial charge in [-0.15, -0.1) is 0 Å². The average molecular weight is 557 g/mol. The van der Waals surface area contributed by atoms with Crippen molar-refractivity contribution >= 4 is 28.9 Å². The molecule has 0 N–H and O–H groups in total. The molecule has 0 unspecified atom stereocenters. The number of oxime groups is 1. The van der Waals surface area contributed by atoms with E-state index in [0.717, 1.165) is 65.7 Å². The maximum Gasteiger partial charge on any atom is 0.287 e. The Morgan fingerprint density at radius 1 is 1.00 bits per heavy atom. The molecule has 3 aromatic rings. The third-order valence-corrected chi connectivity index (χ3v) is 8.50. The summed E-state index contributed by atoms with van der Waals surface area (Å²) in [7, 11) is 0. The molecule has 0 atom stereocenters. The Balaban J connectivity index is 1.94. The van der Waals surface area contributed by atoms with Crippen molar-refractivity contribution < 1.29 is 14.6 Å². The highest BCUT2D eigenvalue weighted by Gasteiger charge is 2.48. The van der Waals surface area contributed by atoms with Crippen LogP contribution in [0.4, 0.5) is 5.69 Å². The minimum Gasteiger partial charge on any atom is -0.362 e. The highest BCUT2D eigenvalue weighted by Crippen LogP contribution is 2.59. The zero-order chi connectivity index (χ0) is 28.9. The molecule has 0 saturated carbocycles. The van der Waals surface area contributed by atoms with Gasteiger partial charge in [-0.25, -0.2) is 0 Å². The van der Waals surface area contributed by atoms with Crippen molar-refractivity contribution in [3.63, 3.8) is 0 Å². The van der Waals surface area contributed by atoms with Gasteiger partial charge in [-0.05, 0) is 67.6 Å². The number of Topliss-reactive ketones (excluding diaryl/α,β-unsaturated/α-hetero) is 1. The van der Waals surface area contributed by atoms with Crippen molar-refractivity contribution in [1.29, 1.82) is 0 Å². The van der Waals surface area contributed by atoms with E-state index in [2.05, 4.69) is 25.6 Å². The highest BCUT2D eigenvalue weighted by molar-refractivity contribution is 7.99. The number of nitro groups is 1. The van der Waals surface area contributed by atoms with Crippen LogP contribution >= 0.6 is 11.8 Å². The summed E-state index contributed by atoms with van der Waals surface area (Å²) in [5.74, 6) is 0.154. The maximum atomic E-state index is 13.3. The molecular formula is C33H36N2O4S. The van der Waals surface area contributed by atoms with E-state index in [0.29, 0.717) is 16.2 Å². The Morgan fingerprint density at radius 2 is 1.65 bits per heavy atom. The molecule has 0 radical (unpaired) electrons. The molecule has 0 spiro atoms. The first kappa shape index (κ1) is 29.3. The van der Waals surface area contributed by atoms with Gasteiger partial charge >= 0.3 is 0 Å². The quantitative estimate of drug-likeness (QED) is 0.0688. The monoisotopic (exact) mass is 556 g/mol. The normalized spacial score (nSPS) is 13.4. The molecule has 0 aliphatic heterocycles. The van der Waals surface area contributed by atoms with Crippen molar-refractivity contribution in [2.24, 2.45) is 5.16 Å². The largest absolute Gasteiger partial charge is 0.362 e. The van der Waals surface area contributed by atoms with Crippen molar-refractivity contribution in [2.45, 2.75) is 81.4 Å². The van der Waals surface area contributed by atoms with Crippen LogP contribution < -0.4 is 0 Å². The van der Waals surface area contributed by atoms with Gasteiger partial charge in [-0.3, -0.25) is 14.9 Å². The average Bonchev–Trinajstić information content (AvgIpc) is 3.22. The first-order valence-corrected chi connectivity index (χ1v) is 14.7. The second kappa shape index (κ2) is 12.6. The number of allylic oxidation sites excluding steroid dienone is 1. The van der Waals surface area contributed by atoms with Crippen LogP contribution in [0.2, 0.25) is 0 Å². The lowest BCUT2D eigenvalue weighted by molar-refractivity contribution is -0.388. The second-order valence-electron chi connectivity index (χ2n) is 10.4. The summed E-state index contributed by atoms with van der Waals surface area (Å²) in [6, 6.07) is 19.3. The van der Waals surface area contributed by atoms with Crippen molar-refractivity contribution in [3.8, 4) is 11.1 Å². The topological polar surface area (TPSA) is 81.8 Å². The van der Waals surface area contributed by atoms with Crippen LogP contribution in [-0.2, 0) is 10.3 Å². The van der Waals surface area contributed by atoms with Crippen LogP contribution in [0.3, 0.4) is 0 Å². The molecule has 0 fully saturated rings. The van der Waals surface area contributed by atoms with E-state index in [1.807, 2.05) is 54.6 Å². The predicted octanol–water partition coefficient (Wildman–Crippen LogP) is 9.50. The molecule has 0 aromatic heterocycles. The first-order valence-electron chi connectivity index (χ1n) is 13.8. The number of carbonyl (C=O) groups is 1. The van der Waals surface area contributed by atoms with Crippen molar-refractivity contribution in [1.82, 2.24) is 0 Å². The smallest absolute Gasteiger partial charge is 0.287 e. The Labute approximate surface area is 240 Å². The van der Waals surface area contributed by atoms with Crippen LogP contribution in [0, 0.1) is 10.1 Å².